The van der Waals surface area contributed by atoms with Gasteiger partial charge < -0.3 is 15.2 Å². The molecule has 2 unspecified atom stereocenters. The number of fused-ring (bicyclic) bond motifs is 1. The van der Waals surface area contributed by atoms with Crippen LogP contribution in [0.15, 0.2) is 18.9 Å². The van der Waals surface area contributed by atoms with E-state index in [1.165, 1.54) is 0 Å². The molecule has 2 N–H and O–H groups in total. The minimum absolute atomic E-state index is 0.150. The predicted octanol–water partition coefficient (Wildman–Crippen LogP) is 1.83. The van der Waals surface area contributed by atoms with Gasteiger partial charge in [-0.2, -0.15) is 0 Å². The average Bonchev–Trinajstić information content (AvgIpc) is 2.83. The number of imidazole rings is 1. The SMILES string of the molecule is C=Cc1cnc(C(C)(C)NC(=O)C2C3CNCC32)n1/C=C\C. The van der Waals surface area contributed by atoms with Gasteiger partial charge in [-0.1, -0.05) is 12.7 Å². The summed E-state index contributed by atoms with van der Waals surface area (Å²) in [5, 5.41) is 6.50. The molecule has 1 aliphatic carbocycles. The lowest BCUT2D eigenvalue weighted by molar-refractivity contribution is -0.124. The number of hydrogen-bond donors (Lipinski definition) is 2. The Morgan fingerprint density at radius 2 is 2.18 bits per heavy atom. The average molecular weight is 300 g/mol. The summed E-state index contributed by atoms with van der Waals surface area (Å²) < 4.78 is 1.97. The fourth-order valence-corrected chi connectivity index (χ4v) is 3.55. The number of hydrogen-bond acceptors (Lipinski definition) is 3. The first-order chi connectivity index (χ1) is 10.5. The van der Waals surface area contributed by atoms with Crippen molar-refractivity contribution in [2.45, 2.75) is 26.3 Å². The summed E-state index contributed by atoms with van der Waals surface area (Å²) in [6, 6.07) is 0. The molecule has 22 heavy (non-hydrogen) atoms. The molecule has 3 rings (SSSR count). The van der Waals surface area contributed by atoms with E-state index < -0.39 is 5.54 Å². The summed E-state index contributed by atoms with van der Waals surface area (Å²) in [6.45, 7) is 11.7. The predicted molar refractivity (Wildman–Crippen MR) is 87.8 cm³/mol. The lowest BCUT2D eigenvalue weighted by atomic mass is 10.0. The third kappa shape index (κ3) is 2.39. The molecule has 0 aromatic carbocycles. The van der Waals surface area contributed by atoms with Crippen molar-refractivity contribution in [2.75, 3.05) is 13.1 Å². The number of aromatic nitrogens is 2. The highest BCUT2D eigenvalue weighted by Crippen LogP contribution is 2.49. The molecular formula is C17H24N4O. The highest BCUT2D eigenvalue weighted by atomic mass is 16.2. The van der Waals surface area contributed by atoms with Crippen LogP contribution < -0.4 is 10.6 Å². The van der Waals surface area contributed by atoms with Crippen LogP contribution in [0.25, 0.3) is 12.3 Å². The maximum atomic E-state index is 12.5. The number of piperidine rings is 1. The number of nitrogens with zero attached hydrogens (tertiary/aromatic N) is 2. The quantitative estimate of drug-likeness (QED) is 0.872. The maximum absolute atomic E-state index is 12.5. The smallest absolute Gasteiger partial charge is 0.224 e. The van der Waals surface area contributed by atoms with Crippen molar-refractivity contribution in [1.29, 1.82) is 0 Å². The maximum Gasteiger partial charge on any atom is 0.224 e. The van der Waals surface area contributed by atoms with Gasteiger partial charge in [-0.25, -0.2) is 4.98 Å². The first-order valence-corrected chi connectivity index (χ1v) is 7.85. The van der Waals surface area contributed by atoms with Crippen LogP contribution in [0.2, 0.25) is 0 Å². The van der Waals surface area contributed by atoms with E-state index in [2.05, 4.69) is 22.2 Å². The van der Waals surface area contributed by atoms with Gasteiger partial charge in [0, 0.05) is 12.1 Å². The van der Waals surface area contributed by atoms with Gasteiger partial charge in [-0.3, -0.25) is 4.79 Å². The Bertz CT molecular complexity index is 619. The van der Waals surface area contributed by atoms with Gasteiger partial charge in [0.25, 0.3) is 0 Å². The Morgan fingerprint density at radius 3 is 2.77 bits per heavy atom. The van der Waals surface area contributed by atoms with Crippen LogP contribution in [-0.2, 0) is 10.3 Å². The zero-order chi connectivity index (χ0) is 15.9. The molecule has 1 saturated carbocycles. The van der Waals surface area contributed by atoms with E-state index in [1.807, 2.05) is 37.6 Å². The number of carbonyl (C=O) groups excluding carboxylic acids is 1. The minimum atomic E-state index is -0.526. The van der Waals surface area contributed by atoms with Gasteiger partial charge in [-0.05, 0) is 51.8 Å². The molecule has 1 aromatic heterocycles. The molecule has 0 bridgehead atoms. The van der Waals surface area contributed by atoms with Crippen molar-refractivity contribution in [3.8, 4) is 0 Å². The third-order valence-corrected chi connectivity index (χ3v) is 4.72. The van der Waals surface area contributed by atoms with Gasteiger partial charge in [0.15, 0.2) is 0 Å². The molecular weight excluding hydrogens is 276 g/mol. The first-order valence-electron chi connectivity index (χ1n) is 7.85. The topological polar surface area (TPSA) is 59.0 Å². The Kier molecular flexibility index (Phi) is 3.68. The summed E-state index contributed by atoms with van der Waals surface area (Å²) >= 11 is 0. The van der Waals surface area contributed by atoms with E-state index in [9.17, 15) is 4.79 Å². The van der Waals surface area contributed by atoms with Crippen LogP contribution in [0.3, 0.4) is 0 Å². The summed E-state index contributed by atoms with van der Waals surface area (Å²) in [5.41, 5.74) is 0.394. The molecule has 2 atom stereocenters. The van der Waals surface area contributed by atoms with Gasteiger partial charge in [-0.15, -0.1) is 0 Å². The van der Waals surface area contributed by atoms with E-state index in [-0.39, 0.29) is 11.8 Å². The molecule has 2 aliphatic rings. The van der Waals surface area contributed by atoms with Gasteiger partial charge in [0.05, 0.1) is 17.4 Å². The fraction of sp³-hybridized carbons (Fsp3) is 0.529. The monoisotopic (exact) mass is 300 g/mol. The molecule has 2 heterocycles. The van der Waals surface area contributed by atoms with Crippen LogP contribution in [-0.4, -0.2) is 28.5 Å². The Hall–Kier alpha value is -1.88. The Balaban J connectivity index is 1.79. The molecule has 5 heteroatoms. The molecule has 118 valence electrons. The van der Waals surface area contributed by atoms with E-state index in [1.54, 1.807) is 12.3 Å². The van der Waals surface area contributed by atoms with Crippen LogP contribution >= 0.6 is 0 Å². The number of carbonyl (C=O) groups is 1. The van der Waals surface area contributed by atoms with Gasteiger partial charge >= 0.3 is 0 Å². The summed E-state index contributed by atoms with van der Waals surface area (Å²) in [5.74, 6) is 2.18. The second-order valence-corrected chi connectivity index (χ2v) is 6.69. The highest BCUT2D eigenvalue weighted by molar-refractivity contribution is 5.83. The highest BCUT2D eigenvalue weighted by Gasteiger charge is 2.57. The van der Waals surface area contributed by atoms with Crippen molar-refractivity contribution in [3.05, 3.63) is 30.4 Å². The van der Waals surface area contributed by atoms with Crippen LogP contribution in [0, 0.1) is 17.8 Å². The standard InChI is InChI=1S/C17H24N4O/c1-5-7-21-11(6-2)8-19-16(21)17(3,4)20-15(22)14-12-9-18-10-13(12)14/h5-8,12-14,18H,2,9-10H2,1,3-4H3,(H,20,22)/b7-5-. The van der Waals surface area contributed by atoms with Crippen molar-refractivity contribution >= 4 is 18.2 Å². The van der Waals surface area contributed by atoms with Crippen LogP contribution in [0.5, 0.6) is 0 Å². The zero-order valence-corrected chi connectivity index (χ0v) is 13.5. The van der Waals surface area contributed by atoms with E-state index in [4.69, 9.17) is 0 Å². The Morgan fingerprint density at radius 1 is 1.50 bits per heavy atom. The largest absolute Gasteiger partial charge is 0.344 e. The molecule has 1 aliphatic heterocycles. The van der Waals surface area contributed by atoms with Crippen molar-refractivity contribution in [2.24, 2.45) is 17.8 Å². The zero-order valence-electron chi connectivity index (χ0n) is 13.5. The molecule has 1 amide bonds. The molecule has 0 spiro atoms. The molecule has 2 fully saturated rings. The molecule has 1 saturated heterocycles. The van der Waals surface area contributed by atoms with Crippen LogP contribution in [0.4, 0.5) is 0 Å². The second-order valence-electron chi connectivity index (χ2n) is 6.69. The number of rotatable bonds is 5. The Labute approximate surface area is 131 Å². The summed E-state index contributed by atoms with van der Waals surface area (Å²) in [6.07, 6.45) is 7.45. The van der Waals surface area contributed by atoms with Crippen LogP contribution in [0.1, 0.15) is 32.3 Å². The second kappa shape index (κ2) is 5.39. The molecule has 5 nitrogen and oxygen atoms in total. The van der Waals surface area contributed by atoms with E-state index in [0.717, 1.165) is 24.6 Å². The number of amides is 1. The number of allylic oxidation sites excluding steroid dienone is 1. The van der Waals surface area contributed by atoms with E-state index >= 15 is 0 Å². The summed E-state index contributed by atoms with van der Waals surface area (Å²) in [7, 11) is 0. The lowest BCUT2D eigenvalue weighted by Crippen LogP contribution is -2.44. The fourth-order valence-electron chi connectivity index (χ4n) is 3.55. The van der Waals surface area contributed by atoms with E-state index in [0.29, 0.717) is 11.8 Å². The number of nitrogens with one attached hydrogen (secondary N) is 2. The van der Waals surface area contributed by atoms with Crippen molar-refractivity contribution in [3.63, 3.8) is 0 Å². The van der Waals surface area contributed by atoms with Crippen molar-refractivity contribution in [1.82, 2.24) is 20.2 Å². The van der Waals surface area contributed by atoms with Gasteiger partial charge in [0.2, 0.25) is 5.91 Å². The third-order valence-electron chi connectivity index (χ3n) is 4.72. The lowest BCUT2D eigenvalue weighted by Gasteiger charge is -2.26. The minimum Gasteiger partial charge on any atom is -0.344 e. The normalized spacial score (nSPS) is 27.0. The van der Waals surface area contributed by atoms with Crippen molar-refractivity contribution < 1.29 is 4.79 Å². The summed E-state index contributed by atoms with van der Waals surface area (Å²) in [4.78, 5) is 17.0. The first kappa shape index (κ1) is 15.0. The molecule has 1 aromatic rings. The molecule has 0 radical (unpaired) electrons. The van der Waals surface area contributed by atoms with Gasteiger partial charge in [0.1, 0.15) is 5.82 Å².